The predicted octanol–water partition coefficient (Wildman–Crippen LogP) is 9.55. The van der Waals surface area contributed by atoms with Crippen molar-refractivity contribution in [3.63, 3.8) is 0 Å². The third kappa shape index (κ3) is 8.05. The zero-order valence-corrected chi connectivity index (χ0v) is 22.7. The summed E-state index contributed by atoms with van der Waals surface area (Å²) in [6.07, 6.45) is 27.0. The number of allylic oxidation sites excluding steroid dienone is 10. The van der Waals surface area contributed by atoms with Gasteiger partial charge in [0, 0.05) is 11.3 Å². The molecule has 0 saturated heterocycles. The van der Waals surface area contributed by atoms with Gasteiger partial charge in [-0.05, 0) is 41.2 Å². The number of hydrogen-bond acceptors (Lipinski definition) is 2. The standard InChI is InChI=1S/C30H26N2.C3H8.C2H6/c1-2-7-13-23(12-6-1)24-18-20-26(21-19-24)29-22-28(25-14-10-5-11-15-25)31-30(32-29)27-16-8-3-4-9-17-27;1-3-2;1-2/h1,3,5-22,29H,2,4H2,(H,31,32);3H2,1-2H3;1-2H3. The normalized spacial score (nSPS) is 17.8. The predicted molar refractivity (Wildman–Crippen MR) is 163 cm³/mol. The molecule has 5 rings (SSSR count). The molecule has 1 heterocycles. The van der Waals surface area contributed by atoms with Gasteiger partial charge in [-0.15, -0.1) is 0 Å². The molecule has 0 saturated carbocycles. The van der Waals surface area contributed by atoms with Gasteiger partial charge >= 0.3 is 0 Å². The minimum atomic E-state index is -0.0458. The molecule has 2 nitrogen and oxygen atoms in total. The Kier molecular flexibility index (Phi) is 11.4. The fourth-order valence-corrected chi connectivity index (χ4v) is 4.02. The van der Waals surface area contributed by atoms with Crippen LogP contribution in [-0.2, 0) is 0 Å². The van der Waals surface area contributed by atoms with Gasteiger partial charge in [0.05, 0.1) is 6.04 Å². The zero-order chi connectivity index (χ0) is 26.3. The van der Waals surface area contributed by atoms with Crippen molar-refractivity contribution in [3.05, 3.63) is 144 Å². The Hall–Kier alpha value is -3.91. The van der Waals surface area contributed by atoms with Gasteiger partial charge in [-0.1, -0.05) is 149 Å². The van der Waals surface area contributed by atoms with Crippen molar-refractivity contribution in [1.82, 2.24) is 5.32 Å². The Balaban J connectivity index is 0.000000711. The lowest BCUT2D eigenvalue weighted by atomic mass is 9.97. The zero-order valence-electron chi connectivity index (χ0n) is 22.7. The Labute approximate surface area is 223 Å². The van der Waals surface area contributed by atoms with Crippen LogP contribution in [0, 0.1) is 0 Å². The monoisotopic (exact) mass is 488 g/mol. The number of aliphatic imine (C=N–C) groups is 1. The molecule has 0 amide bonds. The van der Waals surface area contributed by atoms with Gasteiger partial charge in [-0.2, -0.15) is 0 Å². The van der Waals surface area contributed by atoms with Crippen LogP contribution in [0.2, 0.25) is 0 Å². The van der Waals surface area contributed by atoms with Crippen LogP contribution in [0.1, 0.15) is 69.7 Å². The Bertz CT molecular complexity index is 1230. The highest BCUT2D eigenvalue weighted by molar-refractivity contribution is 6.06. The molecule has 0 fully saturated rings. The number of hydrogen-bond donors (Lipinski definition) is 1. The quantitative estimate of drug-likeness (QED) is 0.455. The summed E-state index contributed by atoms with van der Waals surface area (Å²) in [4.78, 5) is 5.09. The van der Waals surface area contributed by atoms with Crippen molar-refractivity contribution >= 4 is 17.1 Å². The van der Waals surface area contributed by atoms with Gasteiger partial charge in [0.1, 0.15) is 5.84 Å². The van der Waals surface area contributed by atoms with Crippen LogP contribution < -0.4 is 5.32 Å². The molecule has 0 spiro atoms. The molecule has 2 aliphatic carbocycles. The molecule has 1 N–H and O–H groups in total. The molecule has 190 valence electrons. The average molecular weight is 489 g/mol. The third-order valence-electron chi connectivity index (χ3n) is 5.75. The van der Waals surface area contributed by atoms with Crippen molar-refractivity contribution in [3.8, 4) is 0 Å². The van der Waals surface area contributed by atoms with E-state index in [1.807, 2.05) is 19.9 Å². The van der Waals surface area contributed by atoms with Crippen molar-refractivity contribution in [2.75, 3.05) is 0 Å². The second kappa shape index (κ2) is 15.3. The highest BCUT2D eigenvalue weighted by atomic mass is 15.0. The van der Waals surface area contributed by atoms with E-state index in [9.17, 15) is 0 Å². The van der Waals surface area contributed by atoms with Crippen LogP contribution in [0.25, 0.3) is 11.3 Å². The smallest absolute Gasteiger partial charge is 0.133 e. The summed E-state index contributed by atoms with van der Waals surface area (Å²) >= 11 is 0. The molecule has 2 aromatic carbocycles. The van der Waals surface area contributed by atoms with Crippen molar-refractivity contribution in [1.29, 1.82) is 0 Å². The number of nitrogens with one attached hydrogen (secondary N) is 1. The number of benzene rings is 2. The molecule has 0 bridgehead atoms. The van der Waals surface area contributed by atoms with E-state index in [0.29, 0.717) is 0 Å². The molecule has 0 radical (unpaired) electrons. The molecule has 1 aliphatic heterocycles. The van der Waals surface area contributed by atoms with Gasteiger partial charge in [0.2, 0.25) is 0 Å². The summed E-state index contributed by atoms with van der Waals surface area (Å²) in [5.41, 5.74) is 7.00. The SMILES string of the molecule is C1=CCC=CC(C2=NC(c3ccc(C4=CC=CCC=C4)cc3)C=C(c3ccccc3)N2)=C1.CC.CCC. The topological polar surface area (TPSA) is 24.4 Å². The van der Waals surface area contributed by atoms with Gasteiger partial charge in [-0.3, -0.25) is 4.99 Å². The second-order valence-corrected chi connectivity index (χ2v) is 8.70. The van der Waals surface area contributed by atoms with Gasteiger partial charge < -0.3 is 5.32 Å². The number of rotatable bonds is 4. The van der Waals surface area contributed by atoms with E-state index in [1.165, 1.54) is 23.1 Å². The largest absolute Gasteiger partial charge is 0.340 e. The first-order valence-corrected chi connectivity index (χ1v) is 13.6. The Morgan fingerprint density at radius 2 is 1.32 bits per heavy atom. The average Bonchev–Trinajstić information content (AvgIpc) is 3.41. The molecule has 1 atom stereocenters. The fraction of sp³-hybridized carbons (Fsp3) is 0.229. The number of nitrogens with zero attached hydrogens (tertiary/aromatic N) is 1. The molecular formula is C35H40N2. The maximum absolute atomic E-state index is 5.09. The Morgan fingerprint density at radius 3 is 1.97 bits per heavy atom. The van der Waals surface area contributed by atoms with E-state index in [1.54, 1.807) is 0 Å². The van der Waals surface area contributed by atoms with Crippen LogP contribution in [0.3, 0.4) is 0 Å². The summed E-state index contributed by atoms with van der Waals surface area (Å²) in [6, 6.07) is 19.2. The summed E-state index contributed by atoms with van der Waals surface area (Å²) in [7, 11) is 0. The van der Waals surface area contributed by atoms with Crippen LogP contribution in [0.4, 0.5) is 0 Å². The first-order chi connectivity index (χ1) is 18.3. The lowest BCUT2D eigenvalue weighted by Gasteiger charge is -2.23. The van der Waals surface area contributed by atoms with E-state index < -0.39 is 0 Å². The summed E-state index contributed by atoms with van der Waals surface area (Å²) in [5.74, 6) is 0.905. The van der Waals surface area contributed by atoms with E-state index in [4.69, 9.17) is 4.99 Å². The molecule has 37 heavy (non-hydrogen) atoms. The third-order valence-corrected chi connectivity index (χ3v) is 5.75. The first kappa shape index (κ1) is 27.7. The molecule has 1 unspecified atom stereocenters. The van der Waals surface area contributed by atoms with Gasteiger partial charge in [0.25, 0.3) is 0 Å². The maximum atomic E-state index is 5.09. The molecule has 2 heteroatoms. The highest BCUT2D eigenvalue weighted by Gasteiger charge is 2.19. The maximum Gasteiger partial charge on any atom is 0.133 e. The van der Waals surface area contributed by atoms with Gasteiger partial charge in [-0.25, -0.2) is 0 Å². The van der Waals surface area contributed by atoms with Crippen LogP contribution in [-0.4, -0.2) is 5.84 Å². The van der Waals surface area contributed by atoms with Crippen LogP contribution >= 0.6 is 0 Å². The summed E-state index contributed by atoms with van der Waals surface area (Å²) < 4.78 is 0. The second-order valence-electron chi connectivity index (χ2n) is 8.70. The van der Waals surface area contributed by atoms with E-state index >= 15 is 0 Å². The van der Waals surface area contributed by atoms with E-state index in [-0.39, 0.29) is 6.04 Å². The van der Waals surface area contributed by atoms with Crippen LogP contribution in [0.5, 0.6) is 0 Å². The van der Waals surface area contributed by atoms with E-state index in [0.717, 1.165) is 35.5 Å². The lowest BCUT2D eigenvalue weighted by Crippen LogP contribution is -2.28. The first-order valence-electron chi connectivity index (χ1n) is 13.6. The minimum absolute atomic E-state index is 0.0458. The summed E-state index contributed by atoms with van der Waals surface area (Å²) in [6.45, 7) is 8.25. The fourth-order valence-electron chi connectivity index (χ4n) is 4.02. The van der Waals surface area contributed by atoms with E-state index in [2.05, 4.69) is 135 Å². The van der Waals surface area contributed by atoms with Crippen LogP contribution in [0.15, 0.2) is 132 Å². The Morgan fingerprint density at radius 1 is 0.730 bits per heavy atom. The van der Waals surface area contributed by atoms with Gasteiger partial charge in [0.15, 0.2) is 0 Å². The lowest BCUT2D eigenvalue weighted by molar-refractivity contribution is 0.880. The molecule has 3 aliphatic rings. The highest BCUT2D eigenvalue weighted by Crippen LogP contribution is 2.30. The van der Waals surface area contributed by atoms with Crippen molar-refractivity contribution in [2.45, 2.75) is 53.0 Å². The molecule has 2 aromatic rings. The molecular weight excluding hydrogens is 448 g/mol. The van der Waals surface area contributed by atoms with Crippen molar-refractivity contribution < 1.29 is 0 Å². The van der Waals surface area contributed by atoms with Crippen molar-refractivity contribution in [2.24, 2.45) is 4.99 Å². The molecule has 0 aromatic heterocycles. The number of amidine groups is 1. The minimum Gasteiger partial charge on any atom is -0.340 e. The summed E-state index contributed by atoms with van der Waals surface area (Å²) in [5, 5.41) is 3.57.